The number of hydrogen-bond acceptors (Lipinski definition) is 4. The molecule has 2 heterocycles. The second-order valence-electron chi connectivity index (χ2n) is 8.19. The minimum atomic E-state index is -0.246. The molecule has 0 radical (unpaired) electrons. The van der Waals surface area contributed by atoms with Crippen molar-refractivity contribution in [2.45, 2.75) is 72.3 Å². The lowest BCUT2D eigenvalue weighted by Gasteiger charge is -2.31. The summed E-state index contributed by atoms with van der Waals surface area (Å²) in [6, 6.07) is 8.43. The molecule has 1 aromatic carbocycles. The Morgan fingerprint density at radius 1 is 1.24 bits per heavy atom. The van der Waals surface area contributed by atoms with Crippen LogP contribution in [0.25, 0.3) is 0 Å². The van der Waals surface area contributed by atoms with Gasteiger partial charge < -0.3 is 10.1 Å². The van der Waals surface area contributed by atoms with E-state index in [9.17, 15) is 4.79 Å². The Hall–Kier alpha value is -2.56. The topological polar surface area (TPSA) is 56.2 Å². The second-order valence-corrected chi connectivity index (χ2v) is 8.19. The van der Waals surface area contributed by atoms with Gasteiger partial charge in [0.05, 0.1) is 17.4 Å². The molecular weight excluding hydrogens is 362 g/mol. The number of benzene rings is 1. The number of esters is 1. The zero-order valence-electron chi connectivity index (χ0n) is 18.7. The van der Waals surface area contributed by atoms with E-state index in [0.717, 1.165) is 41.2 Å². The molecule has 1 aliphatic rings. The number of rotatable bonds is 6. The van der Waals surface area contributed by atoms with Crippen molar-refractivity contribution in [3.63, 3.8) is 0 Å². The number of allylic oxidation sites excluding steroid dienone is 1. The monoisotopic (exact) mass is 395 g/mol. The Morgan fingerprint density at radius 2 is 1.93 bits per heavy atom. The second kappa shape index (κ2) is 8.44. The Balaban J connectivity index is 2.26. The molecule has 0 spiro atoms. The Bertz CT molecular complexity index is 940. The van der Waals surface area contributed by atoms with Crippen molar-refractivity contribution in [2.24, 2.45) is 7.05 Å². The molecule has 2 unspecified atom stereocenters. The highest BCUT2D eigenvalue weighted by Gasteiger charge is 2.38. The van der Waals surface area contributed by atoms with Gasteiger partial charge in [-0.2, -0.15) is 5.10 Å². The minimum Gasteiger partial charge on any atom is -0.459 e. The number of carbonyl (C=O) groups is 1. The lowest BCUT2D eigenvalue weighted by atomic mass is 9.77. The highest BCUT2D eigenvalue weighted by Crippen LogP contribution is 2.46. The van der Waals surface area contributed by atoms with Gasteiger partial charge in [-0.3, -0.25) is 4.68 Å². The fourth-order valence-electron chi connectivity index (χ4n) is 4.13. The van der Waals surface area contributed by atoms with Crippen LogP contribution in [-0.2, 0) is 23.0 Å². The summed E-state index contributed by atoms with van der Waals surface area (Å²) >= 11 is 0. The van der Waals surface area contributed by atoms with Crippen LogP contribution in [-0.4, -0.2) is 21.9 Å². The van der Waals surface area contributed by atoms with Gasteiger partial charge >= 0.3 is 5.97 Å². The summed E-state index contributed by atoms with van der Waals surface area (Å²) < 4.78 is 7.68. The van der Waals surface area contributed by atoms with E-state index in [4.69, 9.17) is 9.84 Å². The summed E-state index contributed by atoms with van der Waals surface area (Å²) in [6.07, 6.45) is 1.47. The normalized spacial score (nSPS) is 17.2. The molecule has 0 saturated carbocycles. The van der Waals surface area contributed by atoms with E-state index in [1.165, 1.54) is 5.56 Å². The van der Waals surface area contributed by atoms with E-state index in [1.54, 1.807) is 0 Å². The molecule has 5 heteroatoms. The summed E-state index contributed by atoms with van der Waals surface area (Å²) in [6.45, 7) is 12.4. The van der Waals surface area contributed by atoms with Gasteiger partial charge in [-0.05, 0) is 43.7 Å². The fraction of sp³-hybridized carbons (Fsp3) is 0.500. The molecule has 0 bridgehead atoms. The quantitative estimate of drug-likeness (QED) is 0.676. The lowest BCUT2D eigenvalue weighted by molar-refractivity contribution is -0.143. The third-order valence-corrected chi connectivity index (χ3v) is 5.81. The predicted octanol–water partition coefficient (Wildman–Crippen LogP) is 5.28. The Labute approximate surface area is 174 Å². The summed E-state index contributed by atoms with van der Waals surface area (Å²) in [7, 11) is 1.95. The molecule has 0 aliphatic carbocycles. The molecule has 0 amide bonds. The zero-order chi connectivity index (χ0) is 21.3. The number of carbonyl (C=O) groups excluding carboxylic acids is 1. The fourth-order valence-corrected chi connectivity index (χ4v) is 4.13. The summed E-state index contributed by atoms with van der Waals surface area (Å²) in [5.74, 6) is 0.871. The van der Waals surface area contributed by atoms with Gasteiger partial charge in [0.1, 0.15) is 5.82 Å². The van der Waals surface area contributed by atoms with E-state index < -0.39 is 0 Å². The van der Waals surface area contributed by atoms with Crippen LogP contribution in [0.2, 0.25) is 0 Å². The Morgan fingerprint density at radius 3 is 2.55 bits per heavy atom. The van der Waals surface area contributed by atoms with Crippen LogP contribution in [0.4, 0.5) is 5.82 Å². The number of anilines is 1. The number of ether oxygens (including phenoxy) is 1. The maximum atomic E-state index is 13.3. The van der Waals surface area contributed by atoms with Crippen LogP contribution in [0.5, 0.6) is 0 Å². The van der Waals surface area contributed by atoms with Gasteiger partial charge in [-0.1, -0.05) is 52.0 Å². The molecule has 156 valence electrons. The maximum Gasteiger partial charge on any atom is 0.337 e. The first kappa shape index (κ1) is 21.2. The molecular formula is C24H33N3O2. The smallest absolute Gasteiger partial charge is 0.337 e. The summed E-state index contributed by atoms with van der Waals surface area (Å²) in [5.41, 5.74) is 6.03. The first-order chi connectivity index (χ1) is 13.8. The van der Waals surface area contributed by atoms with E-state index in [-0.39, 0.29) is 18.0 Å². The number of aryl methyl sites for hydroxylation is 2. The largest absolute Gasteiger partial charge is 0.459 e. The average Bonchev–Trinajstić information content (AvgIpc) is 3.02. The molecule has 3 rings (SSSR count). The van der Waals surface area contributed by atoms with Crippen LogP contribution in [0.3, 0.4) is 0 Å². The van der Waals surface area contributed by atoms with Crippen LogP contribution in [0.15, 0.2) is 35.5 Å². The molecule has 0 saturated heterocycles. The highest BCUT2D eigenvalue weighted by molar-refractivity contribution is 5.95. The van der Waals surface area contributed by atoms with Crippen molar-refractivity contribution >= 4 is 11.8 Å². The highest BCUT2D eigenvalue weighted by atomic mass is 16.5. The number of nitrogens with zero attached hydrogens (tertiary/aromatic N) is 2. The van der Waals surface area contributed by atoms with Crippen molar-refractivity contribution in [1.82, 2.24) is 9.78 Å². The van der Waals surface area contributed by atoms with Gasteiger partial charge in [0.2, 0.25) is 0 Å². The molecule has 1 aromatic heterocycles. The summed E-state index contributed by atoms with van der Waals surface area (Å²) in [4.78, 5) is 13.3. The van der Waals surface area contributed by atoms with Crippen molar-refractivity contribution in [3.8, 4) is 0 Å². The maximum absolute atomic E-state index is 13.3. The molecule has 1 N–H and O–H groups in total. The minimum absolute atomic E-state index is 0.121. The van der Waals surface area contributed by atoms with E-state index in [0.29, 0.717) is 11.5 Å². The molecule has 29 heavy (non-hydrogen) atoms. The SMILES string of the molecule is CCc1nn(C)c2c1C(c1ccccc1C(C)C)C(C(=O)OC(C)CC)=C(C)N2. The number of nitrogens with one attached hydrogen (secondary N) is 1. The van der Waals surface area contributed by atoms with Gasteiger partial charge in [0, 0.05) is 24.2 Å². The third-order valence-electron chi connectivity index (χ3n) is 5.81. The van der Waals surface area contributed by atoms with E-state index in [1.807, 2.05) is 32.5 Å². The molecule has 0 fully saturated rings. The van der Waals surface area contributed by atoms with Gasteiger partial charge in [-0.15, -0.1) is 0 Å². The van der Waals surface area contributed by atoms with Crippen LogP contribution in [0, 0.1) is 0 Å². The summed E-state index contributed by atoms with van der Waals surface area (Å²) in [5, 5.41) is 8.17. The third kappa shape index (κ3) is 3.83. The number of fused-ring (bicyclic) bond motifs is 1. The van der Waals surface area contributed by atoms with Gasteiger partial charge in [0.15, 0.2) is 0 Å². The molecule has 2 atom stereocenters. The van der Waals surface area contributed by atoms with Gasteiger partial charge in [-0.25, -0.2) is 4.79 Å². The van der Waals surface area contributed by atoms with Crippen LogP contribution >= 0.6 is 0 Å². The molecule has 2 aromatic rings. The average molecular weight is 396 g/mol. The number of aromatic nitrogens is 2. The van der Waals surface area contributed by atoms with Crippen LogP contribution in [0.1, 0.15) is 82.2 Å². The van der Waals surface area contributed by atoms with E-state index in [2.05, 4.69) is 50.4 Å². The zero-order valence-corrected chi connectivity index (χ0v) is 18.7. The molecule has 1 aliphatic heterocycles. The van der Waals surface area contributed by atoms with Crippen molar-refractivity contribution < 1.29 is 9.53 Å². The van der Waals surface area contributed by atoms with Crippen molar-refractivity contribution in [3.05, 3.63) is 57.9 Å². The first-order valence-corrected chi connectivity index (χ1v) is 10.6. The lowest BCUT2D eigenvalue weighted by Crippen LogP contribution is -2.27. The predicted molar refractivity (Wildman–Crippen MR) is 117 cm³/mol. The van der Waals surface area contributed by atoms with Gasteiger partial charge in [0.25, 0.3) is 0 Å². The number of hydrogen-bond donors (Lipinski definition) is 1. The molecule has 5 nitrogen and oxygen atoms in total. The Kier molecular flexibility index (Phi) is 6.15. The first-order valence-electron chi connectivity index (χ1n) is 10.6. The van der Waals surface area contributed by atoms with Crippen molar-refractivity contribution in [2.75, 3.05) is 5.32 Å². The van der Waals surface area contributed by atoms with E-state index >= 15 is 0 Å². The van der Waals surface area contributed by atoms with Crippen LogP contribution < -0.4 is 5.32 Å². The standard InChI is InChI=1S/C24H33N3O2/c1-8-15(5)29-24(28)20-16(6)25-23-22(19(9-2)26-27(23)7)21(20)18-13-11-10-12-17(18)14(3)4/h10-15,21,25H,8-9H2,1-7H3. The van der Waals surface area contributed by atoms with Crippen molar-refractivity contribution in [1.29, 1.82) is 0 Å².